The summed E-state index contributed by atoms with van der Waals surface area (Å²) in [6, 6.07) is 3.72. The fourth-order valence-corrected chi connectivity index (χ4v) is 1.37. The second-order valence-corrected chi connectivity index (χ2v) is 2.70. The lowest BCUT2D eigenvalue weighted by Gasteiger charge is -2.07. The second-order valence-electron chi connectivity index (χ2n) is 2.70. The van der Waals surface area contributed by atoms with Gasteiger partial charge in [0.2, 0.25) is 0 Å². The SMILES string of the molecule is COc1ccc2cncn2c1CO. The van der Waals surface area contributed by atoms with Gasteiger partial charge >= 0.3 is 0 Å². The zero-order chi connectivity index (χ0) is 9.26. The monoisotopic (exact) mass is 178 g/mol. The van der Waals surface area contributed by atoms with E-state index >= 15 is 0 Å². The molecule has 0 aliphatic carbocycles. The standard InChI is InChI=1S/C9H10N2O2/c1-13-9-3-2-7-4-10-6-11(7)8(9)5-12/h2-4,6,12H,5H2,1H3. The minimum Gasteiger partial charge on any atom is -0.495 e. The summed E-state index contributed by atoms with van der Waals surface area (Å²) in [5.74, 6) is 0.674. The molecular weight excluding hydrogens is 168 g/mol. The van der Waals surface area contributed by atoms with Gasteiger partial charge < -0.3 is 9.84 Å². The van der Waals surface area contributed by atoms with Gasteiger partial charge in [-0.25, -0.2) is 4.98 Å². The molecule has 0 saturated heterocycles. The van der Waals surface area contributed by atoms with Crippen LogP contribution in [0, 0.1) is 0 Å². The van der Waals surface area contributed by atoms with Crippen LogP contribution in [0.4, 0.5) is 0 Å². The molecule has 4 heteroatoms. The van der Waals surface area contributed by atoms with E-state index < -0.39 is 0 Å². The number of rotatable bonds is 2. The highest BCUT2D eigenvalue weighted by Gasteiger charge is 2.05. The van der Waals surface area contributed by atoms with Crippen LogP contribution in [0.3, 0.4) is 0 Å². The number of hydrogen-bond acceptors (Lipinski definition) is 3. The zero-order valence-electron chi connectivity index (χ0n) is 7.27. The van der Waals surface area contributed by atoms with Gasteiger partial charge in [0.1, 0.15) is 5.75 Å². The first-order valence-corrected chi connectivity index (χ1v) is 3.95. The Morgan fingerprint density at radius 3 is 3.08 bits per heavy atom. The summed E-state index contributed by atoms with van der Waals surface area (Å²) < 4.78 is 6.91. The number of fused-ring (bicyclic) bond motifs is 1. The molecule has 0 aromatic carbocycles. The summed E-state index contributed by atoms with van der Waals surface area (Å²) in [5, 5.41) is 9.14. The van der Waals surface area contributed by atoms with Crippen molar-refractivity contribution in [2.45, 2.75) is 6.61 Å². The molecule has 0 fully saturated rings. The number of pyridine rings is 1. The Balaban J connectivity index is 2.74. The Hall–Kier alpha value is -1.55. The Labute approximate surface area is 75.4 Å². The lowest BCUT2D eigenvalue weighted by atomic mass is 10.3. The van der Waals surface area contributed by atoms with Crippen LogP contribution in [0.2, 0.25) is 0 Å². The normalized spacial score (nSPS) is 10.6. The second kappa shape index (κ2) is 3.06. The van der Waals surface area contributed by atoms with Crippen molar-refractivity contribution >= 4 is 5.52 Å². The topological polar surface area (TPSA) is 46.8 Å². The molecule has 2 rings (SSSR count). The molecule has 0 aliphatic heterocycles. The number of methoxy groups -OCH3 is 1. The lowest BCUT2D eigenvalue weighted by molar-refractivity contribution is 0.266. The molecule has 0 saturated carbocycles. The number of aliphatic hydroxyl groups excluding tert-OH is 1. The van der Waals surface area contributed by atoms with Gasteiger partial charge in [0.05, 0.1) is 37.5 Å². The molecule has 0 spiro atoms. The van der Waals surface area contributed by atoms with Crippen molar-refractivity contribution in [1.82, 2.24) is 9.38 Å². The summed E-state index contributed by atoms with van der Waals surface area (Å²) >= 11 is 0. The van der Waals surface area contributed by atoms with Gasteiger partial charge in [-0.15, -0.1) is 0 Å². The van der Waals surface area contributed by atoms with Crippen molar-refractivity contribution in [3.8, 4) is 5.75 Å². The summed E-state index contributed by atoms with van der Waals surface area (Å²) in [7, 11) is 1.58. The van der Waals surface area contributed by atoms with Crippen molar-refractivity contribution < 1.29 is 9.84 Å². The molecule has 4 nitrogen and oxygen atoms in total. The largest absolute Gasteiger partial charge is 0.495 e. The van der Waals surface area contributed by atoms with Crippen molar-refractivity contribution in [2.24, 2.45) is 0 Å². The molecule has 0 radical (unpaired) electrons. The minimum atomic E-state index is -0.0587. The van der Waals surface area contributed by atoms with Gasteiger partial charge in [-0.2, -0.15) is 0 Å². The van der Waals surface area contributed by atoms with Gasteiger partial charge in [0.25, 0.3) is 0 Å². The van der Waals surface area contributed by atoms with E-state index in [0.29, 0.717) is 5.75 Å². The number of nitrogens with zero attached hydrogens (tertiary/aromatic N) is 2. The number of hydrogen-bond donors (Lipinski definition) is 1. The molecule has 0 bridgehead atoms. The first-order chi connectivity index (χ1) is 6.36. The van der Waals surface area contributed by atoms with Crippen LogP contribution in [0.5, 0.6) is 5.75 Å². The summed E-state index contributed by atoms with van der Waals surface area (Å²) in [6.07, 6.45) is 3.39. The Kier molecular flexibility index (Phi) is 1.90. The van der Waals surface area contributed by atoms with Gasteiger partial charge in [-0.05, 0) is 12.1 Å². The van der Waals surface area contributed by atoms with E-state index in [1.165, 1.54) is 0 Å². The van der Waals surface area contributed by atoms with E-state index in [1.807, 2.05) is 12.1 Å². The van der Waals surface area contributed by atoms with Crippen LogP contribution in [0.1, 0.15) is 5.69 Å². The maximum absolute atomic E-state index is 9.14. The third-order valence-electron chi connectivity index (χ3n) is 2.02. The minimum absolute atomic E-state index is 0.0587. The van der Waals surface area contributed by atoms with Crippen molar-refractivity contribution in [1.29, 1.82) is 0 Å². The Morgan fingerprint density at radius 1 is 1.54 bits per heavy atom. The van der Waals surface area contributed by atoms with Crippen LogP contribution >= 0.6 is 0 Å². The molecule has 68 valence electrons. The van der Waals surface area contributed by atoms with Gasteiger partial charge in [0, 0.05) is 0 Å². The number of aromatic nitrogens is 2. The maximum Gasteiger partial charge on any atom is 0.141 e. The van der Waals surface area contributed by atoms with Crippen LogP contribution < -0.4 is 4.74 Å². The molecule has 0 unspecified atom stereocenters. The molecule has 2 heterocycles. The van der Waals surface area contributed by atoms with Crippen LogP contribution in [0.15, 0.2) is 24.7 Å². The van der Waals surface area contributed by atoms with Crippen molar-refractivity contribution in [3.63, 3.8) is 0 Å². The number of ether oxygens (including phenoxy) is 1. The molecule has 13 heavy (non-hydrogen) atoms. The third-order valence-corrected chi connectivity index (χ3v) is 2.02. The predicted octanol–water partition coefficient (Wildman–Crippen LogP) is 0.835. The summed E-state index contributed by atoms with van der Waals surface area (Å²) in [4.78, 5) is 3.98. The lowest BCUT2D eigenvalue weighted by Crippen LogP contribution is -1.99. The molecule has 2 aromatic heterocycles. The van der Waals surface area contributed by atoms with E-state index in [2.05, 4.69) is 4.98 Å². The van der Waals surface area contributed by atoms with E-state index in [1.54, 1.807) is 24.0 Å². The van der Waals surface area contributed by atoms with Crippen molar-refractivity contribution in [2.75, 3.05) is 7.11 Å². The molecule has 0 atom stereocenters. The fourth-order valence-electron chi connectivity index (χ4n) is 1.37. The molecule has 2 aromatic rings. The summed E-state index contributed by atoms with van der Waals surface area (Å²) in [6.45, 7) is -0.0587. The maximum atomic E-state index is 9.14. The average Bonchev–Trinajstić information content (AvgIpc) is 2.63. The molecule has 1 N–H and O–H groups in total. The van der Waals surface area contributed by atoms with Crippen molar-refractivity contribution in [3.05, 3.63) is 30.4 Å². The number of imidazole rings is 1. The first kappa shape index (κ1) is 8.07. The highest BCUT2D eigenvalue weighted by atomic mass is 16.5. The van der Waals surface area contributed by atoms with Gasteiger partial charge in [-0.3, -0.25) is 4.40 Å². The smallest absolute Gasteiger partial charge is 0.141 e. The first-order valence-electron chi connectivity index (χ1n) is 3.95. The van der Waals surface area contributed by atoms with Gasteiger partial charge in [-0.1, -0.05) is 0 Å². The Morgan fingerprint density at radius 2 is 2.38 bits per heavy atom. The fraction of sp³-hybridized carbons (Fsp3) is 0.222. The third kappa shape index (κ3) is 1.15. The quantitative estimate of drug-likeness (QED) is 0.741. The molecule has 0 amide bonds. The summed E-state index contributed by atoms with van der Waals surface area (Å²) in [5.41, 5.74) is 1.67. The van der Waals surface area contributed by atoms with E-state index in [9.17, 15) is 0 Å². The average molecular weight is 178 g/mol. The predicted molar refractivity (Wildman–Crippen MR) is 47.7 cm³/mol. The van der Waals surface area contributed by atoms with Crippen LogP contribution in [-0.4, -0.2) is 21.6 Å². The van der Waals surface area contributed by atoms with Gasteiger partial charge in [0.15, 0.2) is 0 Å². The molecule has 0 aliphatic rings. The van der Waals surface area contributed by atoms with E-state index in [4.69, 9.17) is 9.84 Å². The van der Waals surface area contributed by atoms with E-state index in [-0.39, 0.29) is 6.61 Å². The number of aliphatic hydroxyl groups is 1. The van der Waals surface area contributed by atoms with Crippen LogP contribution in [0.25, 0.3) is 5.52 Å². The molecular formula is C9H10N2O2. The Bertz CT molecular complexity index is 422. The van der Waals surface area contributed by atoms with Crippen LogP contribution in [-0.2, 0) is 6.61 Å². The van der Waals surface area contributed by atoms with E-state index in [0.717, 1.165) is 11.2 Å². The highest BCUT2D eigenvalue weighted by molar-refractivity contribution is 5.49. The highest BCUT2D eigenvalue weighted by Crippen LogP contribution is 2.19. The zero-order valence-corrected chi connectivity index (χ0v) is 7.27.